The van der Waals surface area contributed by atoms with Crippen LogP contribution in [0.1, 0.15) is 11.4 Å². The zero-order chi connectivity index (χ0) is 14.8. The van der Waals surface area contributed by atoms with Gasteiger partial charge in [0.2, 0.25) is 0 Å². The highest BCUT2D eigenvalue weighted by Crippen LogP contribution is 2.22. The average Bonchev–Trinajstić information content (AvgIpc) is 2.82. The summed E-state index contributed by atoms with van der Waals surface area (Å²) in [6.07, 6.45) is 0. The van der Waals surface area contributed by atoms with Crippen LogP contribution in [0, 0.1) is 6.92 Å². The molecule has 0 fully saturated rings. The van der Waals surface area contributed by atoms with Gasteiger partial charge in [0.1, 0.15) is 23.9 Å². The fraction of sp³-hybridized carbons (Fsp3) is 0.235. The van der Waals surface area contributed by atoms with Gasteiger partial charge in [-0.05, 0) is 31.2 Å². The first kappa shape index (κ1) is 13.5. The molecule has 0 aliphatic carbocycles. The van der Waals surface area contributed by atoms with Crippen molar-refractivity contribution in [2.24, 2.45) is 7.05 Å². The lowest BCUT2D eigenvalue weighted by Gasteiger charge is -2.06. The molecule has 0 saturated carbocycles. The minimum Gasteiger partial charge on any atom is -0.497 e. The van der Waals surface area contributed by atoms with Crippen molar-refractivity contribution >= 4 is 11.0 Å². The normalized spacial score (nSPS) is 10.8. The summed E-state index contributed by atoms with van der Waals surface area (Å²) in [4.78, 5) is 4.60. The minimum absolute atomic E-state index is 0.441. The molecular weight excluding hydrogens is 264 g/mol. The third kappa shape index (κ3) is 2.70. The largest absolute Gasteiger partial charge is 0.497 e. The van der Waals surface area contributed by atoms with Gasteiger partial charge in [0.05, 0.1) is 18.1 Å². The first-order valence-electron chi connectivity index (χ1n) is 6.86. The molecule has 0 amide bonds. The number of rotatable bonds is 4. The van der Waals surface area contributed by atoms with E-state index in [1.54, 1.807) is 7.11 Å². The Hall–Kier alpha value is -2.49. The number of nitrogens with zero attached hydrogens (tertiary/aromatic N) is 2. The zero-order valence-corrected chi connectivity index (χ0v) is 12.5. The number of methoxy groups -OCH3 is 1. The molecule has 0 unspecified atom stereocenters. The molecule has 3 rings (SSSR count). The Morgan fingerprint density at radius 1 is 1.05 bits per heavy atom. The number of hydrogen-bond donors (Lipinski definition) is 0. The molecule has 0 spiro atoms. The van der Waals surface area contributed by atoms with E-state index in [1.807, 2.05) is 54.1 Å². The lowest BCUT2D eigenvalue weighted by molar-refractivity contribution is 0.292. The number of aryl methyl sites for hydroxylation is 2. The highest BCUT2D eigenvalue weighted by atomic mass is 16.5. The van der Waals surface area contributed by atoms with Crippen LogP contribution in [0.4, 0.5) is 0 Å². The number of hydrogen-bond acceptors (Lipinski definition) is 3. The van der Waals surface area contributed by atoms with Crippen molar-refractivity contribution in [1.29, 1.82) is 0 Å². The van der Waals surface area contributed by atoms with E-state index in [0.29, 0.717) is 6.61 Å². The van der Waals surface area contributed by atoms with E-state index in [2.05, 4.69) is 11.9 Å². The molecule has 108 valence electrons. The number of imidazole rings is 1. The van der Waals surface area contributed by atoms with E-state index >= 15 is 0 Å². The molecule has 2 aromatic carbocycles. The SMILES string of the molecule is COc1ccc2nc(COc3ccc(C)cc3)n(C)c2c1. The lowest BCUT2D eigenvalue weighted by Crippen LogP contribution is -2.03. The van der Waals surface area contributed by atoms with Gasteiger partial charge in [-0.3, -0.25) is 0 Å². The molecule has 4 nitrogen and oxygen atoms in total. The van der Waals surface area contributed by atoms with Crippen molar-refractivity contribution in [3.05, 3.63) is 53.9 Å². The summed E-state index contributed by atoms with van der Waals surface area (Å²) in [5.74, 6) is 2.57. The van der Waals surface area contributed by atoms with Gasteiger partial charge in [0.25, 0.3) is 0 Å². The topological polar surface area (TPSA) is 36.3 Å². The number of ether oxygens (including phenoxy) is 2. The first-order chi connectivity index (χ1) is 10.2. The summed E-state index contributed by atoms with van der Waals surface area (Å²) >= 11 is 0. The maximum atomic E-state index is 5.80. The first-order valence-corrected chi connectivity index (χ1v) is 6.86. The summed E-state index contributed by atoms with van der Waals surface area (Å²) in [6.45, 7) is 2.50. The van der Waals surface area contributed by atoms with E-state index in [-0.39, 0.29) is 0 Å². The molecule has 21 heavy (non-hydrogen) atoms. The van der Waals surface area contributed by atoms with Gasteiger partial charge < -0.3 is 14.0 Å². The van der Waals surface area contributed by atoms with E-state index in [0.717, 1.165) is 28.4 Å². The maximum absolute atomic E-state index is 5.80. The van der Waals surface area contributed by atoms with Crippen molar-refractivity contribution in [2.75, 3.05) is 7.11 Å². The van der Waals surface area contributed by atoms with Gasteiger partial charge in [-0.15, -0.1) is 0 Å². The summed E-state index contributed by atoms with van der Waals surface area (Å²) in [7, 11) is 3.65. The Labute approximate surface area is 123 Å². The highest BCUT2D eigenvalue weighted by molar-refractivity contribution is 5.77. The highest BCUT2D eigenvalue weighted by Gasteiger charge is 2.09. The van der Waals surface area contributed by atoms with Gasteiger partial charge in [-0.2, -0.15) is 0 Å². The van der Waals surface area contributed by atoms with Crippen LogP contribution >= 0.6 is 0 Å². The lowest BCUT2D eigenvalue weighted by atomic mass is 10.2. The fourth-order valence-corrected chi connectivity index (χ4v) is 2.26. The Kier molecular flexibility index (Phi) is 3.52. The van der Waals surface area contributed by atoms with Crippen LogP contribution in [-0.4, -0.2) is 16.7 Å². The Balaban J connectivity index is 1.83. The van der Waals surface area contributed by atoms with Crippen LogP contribution in [0.15, 0.2) is 42.5 Å². The quantitative estimate of drug-likeness (QED) is 0.735. The van der Waals surface area contributed by atoms with Crippen LogP contribution in [0.3, 0.4) is 0 Å². The summed E-state index contributed by atoms with van der Waals surface area (Å²) < 4.78 is 13.1. The van der Waals surface area contributed by atoms with Crippen LogP contribution < -0.4 is 9.47 Å². The molecule has 4 heteroatoms. The van der Waals surface area contributed by atoms with Crippen molar-refractivity contribution in [3.63, 3.8) is 0 Å². The standard InChI is InChI=1S/C17H18N2O2/c1-12-4-6-13(7-5-12)21-11-17-18-15-9-8-14(20-3)10-16(15)19(17)2/h4-10H,11H2,1-3H3. The van der Waals surface area contributed by atoms with E-state index in [1.165, 1.54) is 5.56 Å². The zero-order valence-electron chi connectivity index (χ0n) is 12.5. The van der Waals surface area contributed by atoms with Gasteiger partial charge >= 0.3 is 0 Å². The van der Waals surface area contributed by atoms with Crippen LogP contribution in [0.2, 0.25) is 0 Å². The molecular formula is C17H18N2O2. The molecule has 3 aromatic rings. The van der Waals surface area contributed by atoms with Gasteiger partial charge in [0.15, 0.2) is 0 Å². The Morgan fingerprint density at radius 3 is 2.48 bits per heavy atom. The third-order valence-corrected chi connectivity index (χ3v) is 3.57. The Bertz CT molecular complexity index is 760. The molecule has 1 aromatic heterocycles. The van der Waals surface area contributed by atoms with Crippen LogP contribution in [0.25, 0.3) is 11.0 Å². The van der Waals surface area contributed by atoms with Crippen molar-refractivity contribution < 1.29 is 9.47 Å². The van der Waals surface area contributed by atoms with Gasteiger partial charge in [-0.1, -0.05) is 17.7 Å². The smallest absolute Gasteiger partial charge is 0.147 e. The average molecular weight is 282 g/mol. The van der Waals surface area contributed by atoms with Crippen molar-refractivity contribution in [1.82, 2.24) is 9.55 Å². The molecule has 0 saturated heterocycles. The van der Waals surface area contributed by atoms with Crippen molar-refractivity contribution in [3.8, 4) is 11.5 Å². The predicted molar refractivity (Wildman–Crippen MR) is 82.8 cm³/mol. The van der Waals surface area contributed by atoms with Gasteiger partial charge in [-0.25, -0.2) is 4.98 Å². The number of fused-ring (bicyclic) bond motifs is 1. The van der Waals surface area contributed by atoms with E-state index in [9.17, 15) is 0 Å². The molecule has 0 atom stereocenters. The molecule has 0 bridgehead atoms. The van der Waals surface area contributed by atoms with Crippen LogP contribution in [0.5, 0.6) is 11.5 Å². The summed E-state index contributed by atoms with van der Waals surface area (Å²) in [5.41, 5.74) is 3.20. The van der Waals surface area contributed by atoms with E-state index < -0.39 is 0 Å². The minimum atomic E-state index is 0.441. The summed E-state index contributed by atoms with van der Waals surface area (Å²) in [6, 6.07) is 13.9. The summed E-state index contributed by atoms with van der Waals surface area (Å²) in [5, 5.41) is 0. The molecule has 0 aliphatic heterocycles. The monoisotopic (exact) mass is 282 g/mol. The second-order valence-corrected chi connectivity index (χ2v) is 5.04. The fourth-order valence-electron chi connectivity index (χ4n) is 2.26. The molecule has 0 radical (unpaired) electrons. The predicted octanol–water partition coefficient (Wildman–Crippen LogP) is 3.47. The number of benzene rings is 2. The second-order valence-electron chi connectivity index (χ2n) is 5.04. The second kappa shape index (κ2) is 5.48. The Morgan fingerprint density at radius 2 is 1.76 bits per heavy atom. The molecule has 1 heterocycles. The van der Waals surface area contributed by atoms with E-state index in [4.69, 9.17) is 9.47 Å². The van der Waals surface area contributed by atoms with Crippen LogP contribution in [-0.2, 0) is 13.7 Å². The molecule has 0 N–H and O–H groups in total. The number of aromatic nitrogens is 2. The van der Waals surface area contributed by atoms with Gasteiger partial charge in [0, 0.05) is 13.1 Å². The third-order valence-electron chi connectivity index (χ3n) is 3.57. The van der Waals surface area contributed by atoms with Crippen molar-refractivity contribution in [2.45, 2.75) is 13.5 Å². The molecule has 0 aliphatic rings. The maximum Gasteiger partial charge on any atom is 0.147 e.